The number of nitrogens with two attached hydrogens (primary N) is 1. The number of nitrogens with zero attached hydrogens (tertiary/aromatic N) is 2. The number of carbonyl (C=O) groups excluding carboxylic acids is 1. The Morgan fingerprint density at radius 1 is 1.10 bits per heavy atom. The molecule has 11 heteroatoms. The first kappa shape index (κ1) is 22.1. The maximum absolute atomic E-state index is 12.1. The molecule has 0 aliphatic rings. The van der Waals surface area contributed by atoms with Crippen LogP contribution in [0.4, 0.5) is 0 Å². The fraction of sp³-hybridized carbons (Fsp3) is 0.100. The highest BCUT2D eigenvalue weighted by Gasteiger charge is 2.32. The maximum Gasteiger partial charge on any atom is 0.356 e. The van der Waals surface area contributed by atoms with Gasteiger partial charge in [-0.2, -0.15) is 0 Å². The van der Waals surface area contributed by atoms with Crippen LogP contribution in [-0.4, -0.2) is 37.6 Å². The summed E-state index contributed by atoms with van der Waals surface area (Å²) in [7, 11) is 1.36. The molecule has 3 aromatic rings. The summed E-state index contributed by atoms with van der Waals surface area (Å²) in [5, 5.41) is 20.1. The normalized spacial score (nSPS) is 10.7. The van der Waals surface area contributed by atoms with E-state index >= 15 is 0 Å². The number of ether oxygens (including phenoxy) is 1. The van der Waals surface area contributed by atoms with Crippen LogP contribution < -0.4 is 10.5 Å². The SMILES string of the molecule is Cn1c(C(=O)O)c(OCc2ccc(Cl)c(Cl)c2)c(C(=O)O)c1-c1cc(C(N)=O)ccn1. The number of rotatable bonds is 7. The zero-order valence-electron chi connectivity index (χ0n) is 15.9. The van der Waals surface area contributed by atoms with E-state index in [1.165, 1.54) is 37.5 Å². The van der Waals surface area contributed by atoms with Crippen molar-refractivity contribution in [2.75, 3.05) is 0 Å². The zero-order chi connectivity index (χ0) is 22.9. The van der Waals surface area contributed by atoms with Gasteiger partial charge in [-0.25, -0.2) is 9.59 Å². The number of hydrogen-bond acceptors (Lipinski definition) is 5. The molecule has 2 aromatic heterocycles. The number of carboxylic acids is 2. The van der Waals surface area contributed by atoms with Gasteiger partial charge in [-0.1, -0.05) is 29.3 Å². The van der Waals surface area contributed by atoms with Crippen LogP contribution in [0.1, 0.15) is 36.8 Å². The smallest absolute Gasteiger partial charge is 0.356 e. The number of hydrogen-bond donors (Lipinski definition) is 3. The Bertz CT molecular complexity index is 1220. The lowest BCUT2D eigenvalue weighted by Gasteiger charge is -2.08. The van der Waals surface area contributed by atoms with Crippen LogP contribution in [0.2, 0.25) is 10.0 Å². The number of amides is 1. The molecule has 0 unspecified atom stereocenters. The molecule has 3 rings (SSSR count). The second-order valence-electron chi connectivity index (χ2n) is 6.40. The number of benzene rings is 1. The molecule has 0 aliphatic heterocycles. The lowest BCUT2D eigenvalue weighted by Crippen LogP contribution is -2.12. The molecule has 31 heavy (non-hydrogen) atoms. The van der Waals surface area contributed by atoms with Gasteiger partial charge in [0, 0.05) is 18.8 Å². The predicted octanol–water partition coefficient (Wildman–Crippen LogP) is 3.47. The first-order valence-electron chi connectivity index (χ1n) is 8.64. The predicted molar refractivity (Wildman–Crippen MR) is 112 cm³/mol. The minimum absolute atomic E-state index is 0.0445. The van der Waals surface area contributed by atoms with Crippen LogP contribution in [0.25, 0.3) is 11.4 Å². The average Bonchev–Trinajstić information content (AvgIpc) is 3.01. The van der Waals surface area contributed by atoms with Crippen LogP contribution >= 0.6 is 23.2 Å². The molecular formula is C20H15Cl2N3O6. The lowest BCUT2D eigenvalue weighted by atomic mass is 10.1. The van der Waals surface area contributed by atoms with Crippen molar-refractivity contribution < 1.29 is 29.3 Å². The van der Waals surface area contributed by atoms with Gasteiger partial charge >= 0.3 is 11.9 Å². The summed E-state index contributed by atoms with van der Waals surface area (Å²) in [5.41, 5.74) is 5.07. The molecule has 0 saturated carbocycles. The highest BCUT2D eigenvalue weighted by Crippen LogP contribution is 2.37. The fourth-order valence-corrected chi connectivity index (χ4v) is 3.36. The van der Waals surface area contributed by atoms with Crippen LogP contribution in [0, 0.1) is 0 Å². The summed E-state index contributed by atoms with van der Waals surface area (Å²) in [4.78, 5) is 39.6. The van der Waals surface area contributed by atoms with E-state index in [4.69, 9.17) is 33.7 Å². The van der Waals surface area contributed by atoms with Crippen molar-refractivity contribution in [3.8, 4) is 17.1 Å². The van der Waals surface area contributed by atoms with Crippen molar-refractivity contribution in [2.24, 2.45) is 12.8 Å². The van der Waals surface area contributed by atoms with E-state index < -0.39 is 29.1 Å². The van der Waals surface area contributed by atoms with Gasteiger partial charge in [0.2, 0.25) is 5.91 Å². The number of pyridine rings is 1. The number of carboxylic acid groups (broad SMARTS) is 2. The summed E-state index contributed by atoms with van der Waals surface area (Å²) >= 11 is 11.9. The molecule has 9 nitrogen and oxygen atoms in total. The van der Waals surface area contributed by atoms with E-state index in [1.807, 2.05) is 0 Å². The number of aromatic carboxylic acids is 2. The van der Waals surface area contributed by atoms with Gasteiger partial charge in [0.05, 0.1) is 21.4 Å². The summed E-state index contributed by atoms with van der Waals surface area (Å²) in [6.45, 7) is -0.171. The lowest BCUT2D eigenvalue weighted by molar-refractivity contribution is 0.0681. The van der Waals surface area contributed by atoms with Crippen molar-refractivity contribution in [3.05, 3.63) is 69.0 Å². The molecule has 0 aliphatic carbocycles. The van der Waals surface area contributed by atoms with E-state index in [9.17, 15) is 24.6 Å². The van der Waals surface area contributed by atoms with Gasteiger partial charge in [-0.3, -0.25) is 9.78 Å². The van der Waals surface area contributed by atoms with Crippen LogP contribution in [0.15, 0.2) is 36.5 Å². The van der Waals surface area contributed by atoms with Crippen LogP contribution in [0.3, 0.4) is 0 Å². The molecule has 0 atom stereocenters. The molecule has 1 aromatic carbocycles. The molecular weight excluding hydrogens is 449 g/mol. The van der Waals surface area contributed by atoms with Gasteiger partial charge in [0.25, 0.3) is 0 Å². The Hall–Kier alpha value is -3.56. The van der Waals surface area contributed by atoms with Gasteiger partial charge in [0.15, 0.2) is 11.4 Å². The summed E-state index contributed by atoms with van der Waals surface area (Å²) in [6.07, 6.45) is 1.27. The highest BCUT2D eigenvalue weighted by atomic mass is 35.5. The summed E-state index contributed by atoms with van der Waals surface area (Å²) in [5.74, 6) is -3.96. The van der Waals surface area contributed by atoms with Crippen LogP contribution in [-0.2, 0) is 13.7 Å². The Morgan fingerprint density at radius 2 is 1.81 bits per heavy atom. The summed E-state index contributed by atoms with van der Waals surface area (Å²) in [6, 6.07) is 7.30. The van der Waals surface area contributed by atoms with Crippen molar-refractivity contribution >= 4 is 41.0 Å². The second-order valence-corrected chi connectivity index (χ2v) is 7.22. The Kier molecular flexibility index (Phi) is 6.19. The van der Waals surface area contributed by atoms with Gasteiger partial charge < -0.3 is 25.3 Å². The minimum Gasteiger partial charge on any atom is -0.485 e. The molecule has 0 spiro atoms. The third-order valence-corrected chi connectivity index (χ3v) is 5.16. The van der Waals surface area contributed by atoms with Gasteiger partial charge in [-0.15, -0.1) is 0 Å². The van der Waals surface area contributed by atoms with Crippen molar-refractivity contribution in [1.29, 1.82) is 0 Å². The van der Waals surface area contributed by atoms with Crippen molar-refractivity contribution in [3.63, 3.8) is 0 Å². The number of halogens is 2. The van der Waals surface area contributed by atoms with Gasteiger partial charge in [0.1, 0.15) is 12.2 Å². The van der Waals surface area contributed by atoms with E-state index in [0.29, 0.717) is 10.6 Å². The average molecular weight is 464 g/mol. The number of carbonyl (C=O) groups is 3. The molecule has 1 amide bonds. The molecule has 0 saturated heterocycles. The highest BCUT2D eigenvalue weighted by molar-refractivity contribution is 6.42. The monoisotopic (exact) mass is 463 g/mol. The zero-order valence-corrected chi connectivity index (χ0v) is 17.4. The van der Waals surface area contributed by atoms with Gasteiger partial charge in [-0.05, 0) is 29.8 Å². The van der Waals surface area contributed by atoms with E-state index in [0.717, 1.165) is 4.57 Å². The number of aromatic nitrogens is 2. The van der Waals surface area contributed by atoms with E-state index in [2.05, 4.69) is 4.98 Å². The third-order valence-electron chi connectivity index (χ3n) is 4.42. The standard InChI is InChI=1S/C20H15Cl2N3O6/c1-25-15(13-7-10(18(23)26)4-5-24-13)14(19(27)28)17(16(25)20(29)30)31-8-9-2-3-11(21)12(22)6-9/h2-7H,8H2,1H3,(H2,23,26)(H,27,28)(H,29,30). The largest absolute Gasteiger partial charge is 0.485 e. The van der Waals surface area contributed by atoms with E-state index in [1.54, 1.807) is 6.07 Å². The van der Waals surface area contributed by atoms with Crippen LogP contribution in [0.5, 0.6) is 5.75 Å². The molecule has 2 heterocycles. The Morgan fingerprint density at radius 3 is 2.39 bits per heavy atom. The van der Waals surface area contributed by atoms with Crippen molar-refractivity contribution in [1.82, 2.24) is 9.55 Å². The maximum atomic E-state index is 12.1. The third kappa shape index (κ3) is 4.32. The first-order valence-corrected chi connectivity index (χ1v) is 9.39. The molecule has 0 bridgehead atoms. The molecule has 4 N–H and O–H groups in total. The molecule has 0 fully saturated rings. The summed E-state index contributed by atoms with van der Waals surface area (Å²) < 4.78 is 6.76. The molecule has 160 valence electrons. The molecule has 0 radical (unpaired) electrons. The minimum atomic E-state index is -1.44. The number of primary amides is 1. The first-order chi connectivity index (χ1) is 14.6. The van der Waals surface area contributed by atoms with E-state index in [-0.39, 0.29) is 34.3 Å². The fourth-order valence-electron chi connectivity index (χ4n) is 3.04. The quantitative estimate of drug-likeness (QED) is 0.486. The Labute approximate surface area is 185 Å². The Balaban J connectivity index is 2.16. The second kappa shape index (κ2) is 8.66. The topological polar surface area (TPSA) is 145 Å². The van der Waals surface area contributed by atoms with Crippen molar-refractivity contribution in [2.45, 2.75) is 6.61 Å².